The lowest BCUT2D eigenvalue weighted by atomic mass is 9.86. The van der Waals surface area contributed by atoms with Crippen molar-refractivity contribution in [3.63, 3.8) is 0 Å². The Morgan fingerprint density at radius 3 is 1.70 bits per heavy atom. The minimum Gasteiger partial charge on any atom is -0.481 e. The Kier molecular flexibility index (Phi) is 10.9. The van der Waals surface area contributed by atoms with Crippen molar-refractivity contribution in [2.45, 2.75) is 123 Å². The number of hydrogen-bond acceptors (Lipinski definition) is 4. The number of carboxylic acids is 1. The van der Waals surface area contributed by atoms with Crippen molar-refractivity contribution >= 4 is 5.97 Å². The van der Waals surface area contributed by atoms with Gasteiger partial charge < -0.3 is 20.1 Å². The average Bonchev–Trinajstić information content (AvgIpc) is 3.29. The Bertz CT molecular complexity index is 626. The first-order valence-corrected chi connectivity index (χ1v) is 13.3. The fraction of sp³-hybridized carbons (Fsp3) is 0.893. The second kappa shape index (κ2) is 12.7. The van der Waals surface area contributed by atoms with Gasteiger partial charge in [0.2, 0.25) is 0 Å². The second-order valence-electron chi connectivity index (χ2n) is 12.0. The highest BCUT2D eigenvalue weighted by Gasteiger charge is 2.35. The van der Waals surface area contributed by atoms with Gasteiger partial charge in [-0.25, -0.2) is 0 Å². The Balaban J connectivity index is 1.69. The van der Waals surface area contributed by atoms with Gasteiger partial charge in [-0.2, -0.15) is 0 Å². The molecule has 6 atom stereocenters. The maximum absolute atomic E-state index is 11.2. The van der Waals surface area contributed by atoms with Crippen LogP contribution in [0, 0.1) is 29.1 Å². The summed E-state index contributed by atoms with van der Waals surface area (Å²) >= 11 is 0. The molecule has 0 aliphatic heterocycles. The molecule has 0 aromatic rings. The number of methoxy groups -OCH3 is 1. The molecule has 0 radical (unpaired) electrons. The van der Waals surface area contributed by atoms with Crippen LogP contribution in [0.25, 0.3) is 0 Å². The van der Waals surface area contributed by atoms with Gasteiger partial charge in [-0.05, 0) is 90.9 Å². The number of rotatable bonds is 14. The highest BCUT2D eigenvalue weighted by molar-refractivity contribution is 5.73. The van der Waals surface area contributed by atoms with E-state index < -0.39 is 11.4 Å². The molecular weight excluding hydrogens is 416 g/mol. The van der Waals surface area contributed by atoms with Crippen LogP contribution in [0.4, 0.5) is 0 Å². The first-order valence-electron chi connectivity index (χ1n) is 13.3. The van der Waals surface area contributed by atoms with Gasteiger partial charge in [0.25, 0.3) is 0 Å². The van der Waals surface area contributed by atoms with Crippen LogP contribution >= 0.6 is 0 Å². The Morgan fingerprint density at radius 2 is 1.27 bits per heavy atom. The van der Waals surface area contributed by atoms with E-state index in [1.165, 1.54) is 0 Å². The number of aliphatic carboxylic acids is 1. The van der Waals surface area contributed by atoms with Crippen molar-refractivity contribution in [2.75, 3.05) is 7.11 Å². The molecule has 6 unspecified atom stereocenters. The van der Waals surface area contributed by atoms with E-state index in [-0.39, 0.29) is 29.6 Å². The van der Waals surface area contributed by atoms with Gasteiger partial charge in [0.1, 0.15) is 0 Å². The molecule has 0 aromatic heterocycles. The Morgan fingerprint density at radius 1 is 0.818 bits per heavy atom. The molecule has 5 heteroatoms. The van der Waals surface area contributed by atoms with Crippen molar-refractivity contribution in [3.05, 3.63) is 12.2 Å². The summed E-state index contributed by atoms with van der Waals surface area (Å²) in [5, 5.41) is 30.8. The highest BCUT2D eigenvalue weighted by Crippen LogP contribution is 2.39. The quantitative estimate of drug-likeness (QED) is 0.217. The van der Waals surface area contributed by atoms with Crippen LogP contribution in [0.1, 0.15) is 105 Å². The van der Waals surface area contributed by atoms with Crippen LogP contribution in [0.2, 0.25) is 0 Å². The third kappa shape index (κ3) is 8.67. The van der Waals surface area contributed by atoms with E-state index in [4.69, 9.17) is 4.74 Å². The molecule has 3 N–H and O–H groups in total. The summed E-state index contributed by atoms with van der Waals surface area (Å²) in [6.07, 6.45) is 15.9. The van der Waals surface area contributed by atoms with E-state index >= 15 is 0 Å². The largest absolute Gasteiger partial charge is 0.481 e. The number of aliphatic hydroxyl groups is 2. The lowest BCUT2D eigenvalue weighted by Gasteiger charge is -2.23. The van der Waals surface area contributed by atoms with Crippen LogP contribution in [0.3, 0.4) is 0 Å². The van der Waals surface area contributed by atoms with Gasteiger partial charge in [0.05, 0.1) is 23.2 Å². The van der Waals surface area contributed by atoms with Gasteiger partial charge in [-0.15, -0.1) is 0 Å². The second-order valence-corrected chi connectivity index (χ2v) is 12.0. The molecule has 2 saturated carbocycles. The van der Waals surface area contributed by atoms with Crippen LogP contribution in [0.5, 0.6) is 0 Å². The molecule has 0 saturated heterocycles. The monoisotopic (exact) mass is 466 g/mol. The van der Waals surface area contributed by atoms with E-state index in [2.05, 4.69) is 26.0 Å². The fourth-order valence-electron chi connectivity index (χ4n) is 5.67. The molecule has 2 aliphatic rings. The van der Waals surface area contributed by atoms with Crippen molar-refractivity contribution in [3.8, 4) is 0 Å². The minimum atomic E-state index is -0.736. The average molecular weight is 467 g/mol. The minimum absolute atomic E-state index is 0.0609. The van der Waals surface area contributed by atoms with E-state index in [0.717, 1.165) is 70.6 Å². The molecule has 2 rings (SSSR count). The van der Waals surface area contributed by atoms with Gasteiger partial charge in [-0.3, -0.25) is 4.79 Å². The Labute approximate surface area is 202 Å². The predicted octanol–water partition coefficient (Wildman–Crippen LogP) is 5.97. The topological polar surface area (TPSA) is 87.0 Å². The van der Waals surface area contributed by atoms with Crippen molar-refractivity contribution in [2.24, 2.45) is 29.1 Å². The molecule has 2 fully saturated rings. The molecule has 33 heavy (non-hydrogen) atoms. The number of ether oxygens (including phenoxy) is 1. The summed E-state index contributed by atoms with van der Waals surface area (Å²) in [6.45, 7) is 7.82. The molecule has 0 bridgehead atoms. The van der Waals surface area contributed by atoms with Crippen molar-refractivity contribution in [1.29, 1.82) is 0 Å². The van der Waals surface area contributed by atoms with Crippen LogP contribution < -0.4 is 0 Å². The van der Waals surface area contributed by atoms with Crippen molar-refractivity contribution in [1.82, 2.24) is 0 Å². The van der Waals surface area contributed by atoms with Gasteiger partial charge in [0, 0.05) is 18.9 Å². The molecule has 0 amide bonds. The van der Waals surface area contributed by atoms with Crippen LogP contribution in [0.15, 0.2) is 12.2 Å². The van der Waals surface area contributed by atoms with Gasteiger partial charge in [0.15, 0.2) is 0 Å². The summed E-state index contributed by atoms with van der Waals surface area (Å²) in [4.78, 5) is 11.2. The maximum atomic E-state index is 11.2. The van der Waals surface area contributed by atoms with Crippen LogP contribution in [-0.2, 0) is 9.53 Å². The normalized spacial score (nSPS) is 31.0. The molecular formula is C28H50O5. The summed E-state index contributed by atoms with van der Waals surface area (Å²) < 4.78 is 5.49. The molecule has 192 valence electrons. The molecule has 2 aliphatic carbocycles. The molecule has 5 nitrogen and oxygen atoms in total. The number of hydrogen-bond donors (Lipinski definition) is 3. The lowest BCUT2D eigenvalue weighted by molar-refractivity contribution is -0.147. The number of aliphatic hydroxyl groups excluding tert-OH is 2. The SMILES string of the molecule is COC(C)(C)CCCCC1CCC(/C=C\C2CCC(CCCCC(C)(C)C(=O)O)C2O)C1O. The standard InChI is InChI=1S/C28H50O5/c1-27(2,26(31)32)18-8-6-10-20-12-14-22(24(20)29)16-17-23-15-13-21(25(23)30)11-7-9-19-28(3,4)33-5/h16-17,20-25,29-30H,6-15,18-19H2,1-5H3,(H,31,32)/b17-16-. The highest BCUT2D eigenvalue weighted by atomic mass is 16.5. The fourth-order valence-corrected chi connectivity index (χ4v) is 5.67. The molecule has 0 spiro atoms. The summed E-state index contributed by atoms with van der Waals surface area (Å²) in [7, 11) is 1.77. The lowest BCUT2D eigenvalue weighted by Crippen LogP contribution is -2.24. The Hall–Kier alpha value is -0.910. The third-order valence-electron chi connectivity index (χ3n) is 8.55. The molecule has 0 aromatic carbocycles. The van der Waals surface area contributed by atoms with E-state index in [0.29, 0.717) is 18.3 Å². The first-order chi connectivity index (χ1) is 15.5. The zero-order chi connectivity index (χ0) is 24.6. The number of unbranched alkanes of at least 4 members (excludes halogenated alkanes) is 2. The first kappa shape index (κ1) is 28.3. The third-order valence-corrected chi connectivity index (χ3v) is 8.55. The van der Waals surface area contributed by atoms with E-state index in [1.807, 2.05) is 0 Å². The van der Waals surface area contributed by atoms with Crippen molar-refractivity contribution < 1.29 is 24.9 Å². The van der Waals surface area contributed by atoms with E-state index in [9.17, 15) is 20.1 Å². The number of carbonyl (C=O) groups is 1. The van der Waals surface area contributed by atoms with E-state index in [1.54, 1.807) is 21.0 Å². The maximum Gasteiger partial charge on any atom is 0.309 e. The summed E-state index contributed by atoms with van der Waals surface area (Å²) in [5.74, 6) is 0.370. The van der Waals surface area contributed by atoms with Crippen LogP contribution in [-0.4, -0.2) is 46.2 Å². The summed E-state index contributed by atoms with van der Waals surface area (Å²) in [6, 6.07) is 0. The van der Waals surface area contributed by atoms with Gasteiger partial charge in [-0.1, -0.05) is 37.8 Å². The predicted molar refractivity (Wildman–Crippen MR) is 133 cm³/mol. The number of carboxylic acid groups (broad SMARTS) is 1. The zero-order valence-electron chi connectivity index (χ0n) is 21.8. The smallest absolute Gasteiger partial charge is 0.309 e. The summed E-state index contributed by atoms with van der Waals surface area (Å²) in [5.41, 5.74) is -0.728. The molecule has 0 heterocycles. The zero-order valence-corrected chi connectivity index (χ0v) is 21.8. The van der Waals surface area contributed by atoms with Gasteiger partial charge >= 0.3 is 5.97 Å².